The molecule has 0 atom stereocenters. The Hall–Kier alpha value is 0.400. The van der Waals surface area contributed by atoms with Gasteiger partial charge in [0.15, 0.2) is 0 Å². The summed E-state index contributed by atoms with van der Waals surface area (Å²) < 4.78 is 68.1. The Balaban J connectivity index is 0.00000225. The van der Waals surface area contributed by atoms with Crippen LogP contribution in [0, 0.1) is 0 Å². The first-order valence-corrected chi connectivity index (χ1v) is 5.64. The van der Waals surface area contributed by atoms with E-state index in [1.807, 2.05) is 0 Å². The Morgan fingerprint density at radius 3 is 2.06 bits per heavy atom. The third-order valence-electron chi connectivity index (χ3n) is 1.49. The zero-order valence-corrected chi connectivity index (χ0v) is 12.3. The van der Waals surface area contributed by atoms with Gasteiger partial charge in [-0.3, -0.25) is 0 Å². The summed E-state index contributed by atoms with van der Waals surface area (Å²) in [5.74, 6) is 0. The second kappa shape index (κ2) is 5.36. The number of halogens is 4. The van der Waals surface area contributed by atoms with Crippen molar-refractivity contribution in [1.82, 2.24) is 0 Å². The zero-order chi connectivity index (χ0) is 11.9. The second-order valence-electron chi connectivity index (χ2n) is 2.63. The van der Waals surface area contributed by atoms with Crippen LogP contribution in [-0.4, -0.2) is 13.0 Å². The standard InChI is InChI=1S/C7H4BrF3O3S.Na/c8-5-1-4(7(9,10)11)2-6(3-5)15(12,13)14;/h1-3H,(H,12,13,14);/q;+1/p-1. The summed E-state index contributed by atoms with van der Waals surface area (Å²) in [5.41, 5.74) is -1.19. The zero-order valence-electron chi connectivity index (χ0n) is 7.88. The molecule has 16 heavy (non-hydrogen) atoms. The van der Waals surface area contributed by atoms with Crippen LogP contribution in [0.1, 0.15) is 5.56 Å². The second-order valence-corrected chi connectivity index (χ2v) is 4.92. The fourth-order valence-electron chi connectivity index (χ4n) is 0.871. The van der Waals surface area contributed by atoms with E-state index < -0.39 is 26.8 Å². The van der Waals surface area contributed by atoms with Crippen LogP contribution in [0.4, 0.5) is 13.2 Å². The first kappa shape index (κ1) is 16.4. The Kier molecular flexibility index (Phi) is 5.50. The Morgan fingerprint density at radius 2 is 1.69 bits per heavy atom. The molecule has 0 aliphatic carbocycles. The van der Waals surface area contributed by atoms with Crippen molar-refractivity contribution >= 4 is 26.0 Å². The number of alkyl halides is 3. The molecule has 0 radical (unpaired) electrons. The van der Waals surface area contributed by atoms with Gasteiger partial charge in [0.1, 0.15) is 10.1 Å². The van der Waals surface area contributed by atoms with E-state index in [9.17, 15) is 26.1 Å². The van der Waals surface area contributed by atoms with Gasteiger partial charge in [0.05, 0.1) is 10.5 Å². The van der Waals surface area contributed by atoms with Gasteiger partial charge in [0.2, 0.25) is 0 Å². The molecular formula is C7H3BrF3NaO3S. The average Bonchev–Trinajstić information content (AvgIpc) is 1.99. The van der Waals surface area contributed by atoms with Gasteiger partial charge in [-0.2, -0.15) is 13.2 Å². The van der Waals surface area contributed by atoms with Crippen LogP contribution in [-0.2, 0) is 16.3 Å². The molecule has 3 nitrogen and oxygen atoms in total. The van der Waals surface area contributed by atoms with E-state index in [0.29, 0.717) is 12.1 Å². The normalized spacial score (nSPS) is 12.1. The topological polar surface area (TPSA) is 57.2 Å². The Bertz CT molecular complexity index is 486. The first-order valence-electron chi connectivity index (χ1n) is 3.44. The fraction of sp³-hybridized carbons (Fsp3) is 0.143. The monoisotopic (exact) mass is 326 g/mol. The summed E-state index contributed by atoms with van der Waals surface area (Å²) in [6, 6.07) is 1.80. The third kappa shape index (κ3) is 4.34. The SMILES string of the molecule is O=S(=O)([O-])c1cc(Br)cc(C(F)(F)F)c1.[Na+]. The van der Waals surface area contributed by atoms with Crippen molar-refractivity contribution in [2.45, 2.75) is 11.1 Å². The summed E-state index contributed by atoms with van der Waals surface area (Å²) in [4.78, 5) is -0.913. The molecule has 9 heteroatoms. The van der Waals surface area contributed by atoms with Crippen LogP contribution in [0.25, 0.3) is 0 Å². The first-order chi connectivity index (χ1) is 6.60. The van der Waals surface area contributed by atoms with E-state index in [4.69, 9.17) is 0 Å². The minimum Gasteiger partial charge on any atom is -0.744 e. The van der Waals surface area contributed by atoms with Crippen molar-refractivity contribution < 1.29 is 55.7 Å². The summed E-state index contributed by atoms with van der Waals surface area (Å²) in [6.45, 7) is 0. The molecule has 0 saturated carbocycles. The molecule has 1 aromatic rings. The van der Waals surface area contributed by atoms with Crippen LogP contribution < -0.4 is 29.6 Å². The molecule has 0 fully saturated rings. The Morgan fingerprint density at radius 1 is 1.19 bits per heavy atom. The van der Waals surface area contributed by atoms with Crippen LogP contribution >= 0.6 is 15.9 Å². The molecule has 0 amide bonds. The smallest absolute Gasteiger partial charge is 0.744 e. The van der Waals surface area contributed by atoms with Crippen molar-refractivity contribution in [1.29, 1.82) is 0 Å². The predicted octanol–water partition coefficient (Wildman–Crippen LogP) is -0.624. The molecule has 0 heterocycles. The predicted molar refractivity (Wildman–Crippen MR) is 47.1 cm³/mol. The summed E-state index contributed by atoms with van der Waals surface area (Å²) in [6.07, 6.45) is -4.69. The van der Waals surface area contributed by atoms with Gasteiger partial charge in [-0.1, -0.05) is 15.9 Å². The minimum atomic E-state index is -4.89. The Labute approximate surface area is 120 Å². The molecule has 0 bridgehead atoms. The quantitative estimate of drug-likeness (QED) is 0.510. The van der Waals surface area contributed by atoms with Crippen LogP contribution in [0.5, 0.6) is 0 Å². The van der Waals surface area contributed by atoms with E-state index in [1.165, 1.54) is 0 Å². The number of rotatable bonds is 1. The molecule has 1 aromatic carbocycles. The van der Waals surface area contributed by atoms with Gasteiger partial charge < -0.3 is 4.55 Å². The maximum atomic E-state index is 12.2. The summed E-state index contributed by atoms with van der Waals surface area (Å²) in [7, 11) is -4.89. The molecule has 1 rings (SSSR count). The van der Waals surface area contributed by atoms with Gasteiger partial charge in [0, 0.05) is 4.47 Å². The van der Waals surface area contributed by atoms with Crippen molar-refractivity contribution in [2.24, 2.45) is 0 Å². The molecule has 0 aliphatic rings. The molecule has 0 saturated heterocycles. The number of hydrogen-bond acceptors (Lipinski definition) is 3. The van der Waals surface area contributed by atoms with E-state index in [0.717, 1.165) is 6.07 Å². The van der Waals surface area contributed by atoms with Gasteiger partial charge in [0.25, 0.3) is 0 Å². The van der Waals surface area contributed by atoms with Gasteiger partial charge in [-0.25, -0.2) is 8.42 Å². The van der Waals surface area contributed by atoms with Crippen LogP contribution in [0.2, 0.25) is 0 Å². The largest absolute Gasteiger partial charge is 1.00 e. The molecule has 0 spiro atoms. The molecule has 0 unspecified atom stereocenters. The van der Waals surface area contributed by atoms with E-state index >= 15 is 0 Å². The van der Waals surface area contributed by atoms with Crippen molar-refractivity contribution in [3.63, 3.8) is 0 Å². The average molecular weight is 327 g/mol. The van der Waals surface area contributed by atoms with Crippen molar-refractivity contribution in [3.05, 3.63) is 28.2 Å². The van der Waals surface area contributed by atoms with Crippen LogP contribution in [0.15, 0.2) is 27.6 Å². The van der Waals surface area contributed by atoms with Crippen molar-refractivity contribution in [2.75, 3.05) is 0 Å². The van der Waals surface area contributed by atoms with E-state index in [-0.39, 0.29) is 34.0 Å². The molecular weight excluding hydrogens is 324 g/mol. The minimum absolute atomic E-state index is 0. The fourth-order valence-corrected chi connectivity index (χ4v) is 2.06. The van der Waals surface area contributed by atoms with Gasteiger partial charge >= 0.3 is 35.7 Å². The van der Waals surface area contributed by atoms with E-state index in [2.05, 4.69) is 15.9 Å². The third-order valence-corrected chi connectivity index (χ3v) is 2.76. The van der Waals surface area contributed by atoms with Gasteiger partial charge in [-0.05, 0) is 18.2 Å². The summed E-state index contributed by atoms with van der Waals surface area (Å²) >= 11 is 2.69. The van der Waals surface area contributed by atoms with E-state index in [1.54, 1.807) is 0 Å². The van der Waals surface area contributed by atoms with Gasteiger partial charge in [-0.15, -0.1) is 0 Å². The molecule has 0 aliphatic heterocycles. The number of hydrogen-bond donors (Lipinski definition) is 0. The molecule has 84 valence electrons. The summed E-state index contributed by atoms with van der Waals surface area (Å²) in [5, 5.41) is 0. The van der Waals surface area contributed by atoms with Crippen molar-refractivity contribution in [3.8, 4) is 0 Å². The van der Waals surface area contributed by atoms with Crippen LogP contribution in [0.3, 0.4) is 0 Å². The molecule has 0 N–H and O–H groups in total. The maximum absolute atomic E-state index is 12.2. The number of benzene rings is 1. The molecule has 0 aromatic heterocycles. The maximum Gasteiger partial charge on any atom is 1.00 e.